The summed E-state index contributed by atoms with van der Waals surface area (Å²) in [6, 6.07) is 0. The van der Waals surface area contributed by atoms with Crippen molar-refractivity contribution in [3.63, 3.8) is 0 Å². The van der Waals surface area contributed by atoms with Gasteiger partial charge in [-0.05, 0) is 96.7 Å². The van der Waals surface area contributed by atoms with Crippen LogP contribution in [0.3, 0.4) is 0 Å². The van der Waals surface area contributed by atoms with Gasteiger partial charge in [0.15, 0.2) is 6.29 Å². The Balaban J connectivity index is 1.32. The zero-order valence-electron chi connectivity index (χ0n) is 27.3. The third-order valence-corrected chi connectivity index (χ3v) is 15.0. The van der Waals surface area contributed by atoms with Gasteiger partial charge in [0.2, 0.25) is 0 Å². The number of allylic oxidation sites excluding steroid dienone is 1. The lowest BCUT2D eigenvalue weighted by molar-refractivity contribution is -0.308. The minimum atomic E-state index is -1.30. The third kappa shape index (κ3) is 4.18. The number of carbonyl (C=O) groups is 1. The van der Waals surface area contributed by atoms with E-state index in [1.807, 2.05) is 0 Å². The van der Waals surface area contributed by atoms with Crippen LogP contribution in [0.15, 0.2) is 11.6 Å². The van der Waals surface area contributed by atoms with Gasteiger partial charge in [-0.1, -0.05) is 60.1 Å². The first kappa shape index (κ1) is 31.9. The van der Waals surface area contributed by atoms with Crippen molar-refractivity contribution in [2.75, 3.05) is 6.61 Å². The summed E-state index contributed by atoms with van der Waals surface area (Å²) in [5.74, 6) is -0.320. The molecule has 13 atom stereocenters. The van der Waals surface area contributed by atoms with Gasteiger partial charge in [0, 0.05) is 5.92 Å². The summed E-state index contributed by atoms with van der Waals surface area (Å²) < 4.78 is 12.1. The van der Waals surface area contributed by atoms with Crippen LogP contribution in [0.1, 0.15) is 106 Å². The van der Waals surface area contributed by atoms with Crippen LogP contribution in [0.4, 0.5) is 0 Å². The highest BCUT2D eigenvalue weighted by atomic mass is 16.7. The molecule has 6 rings (SSSR count). The Hall–Kier alpha value is -1.03. The second-order valence-corrected chi connectivity index (χ2v) is 17.4. The molecule has 43 heavy (non-hydrogen) atoms. The Morgan fingerprint density at radius 3 is 2.21 bits per heavy atom. The van der Waals surface area contributed by atoms with Crippen molar-refractivity contribution in [3.8, 4) is 0 Å². The Kier molecular flexibility index (Phi) is 7.41. The summed E-state index contributed by atoms with van der Waals surface area (Å²) >= 11 is 0. The normalized spacial score (nSPS) is 53.8. The zero-order chi connectivity index (χ0) is 31.5. The van der Waals surface area contributed by atoms with Gasteiger partial charge in [-0.2, -0.15) is 0 Å². The van der Waals surface area contributed by atoms with Crippen LogP contribution in [0.2, 0.25) is 0 Å². The summed E-state index contributed by atoms with van der Waals surface area (Å²) in [7, 11) is 0. The number of rotatable bonds is 3. The average molecular weight is 605 g/mol. The molecule has 0 aromatic carbocycles. The van der Waals surface area contributed by atoms with Gasteiger partial charge in [0.25, 0.3) is 0 Å². The van der Waals surface area contributed by atoms with Gasteiger partial charge in [-0.25, -0.2) is 0 Å². The Bertz CT molecular complexity index is 1160. The molecule has 1 heterocycles. The highest BCUT2D eigenvalue weighted by molar-refractivity contribution is 5.77. The van der Waals surface area contributed by atoms with E-state index in [2.05, 4.69) is 54.5 Å². The topological polar surface area (TPSA) is 137 Å². The van der Waals surface area contributed by atoms with Crippen LogP contribution < -0.4 is 0 Å². The molecule has 5 fully saturated rings. The van der Waals surface area contributed by atoms with E-state index in [-0.39, 0.29) is 45.7 Å². The average Bonchev–Trinajstić information content (AvgIpc) is 2.92. The smallest absolute Gasteiger partial charge is 0.310 e. The largest absolute Gasteiger partial charge is 0.481 e. The predicted molar refractivity (Wildman–Crippen MR) is 161 cm³/mol. The molecule has 6 aliphatic rings. The van der Waals surface area contributed by atoms with Crippen LogP contribution in [0.25, 0.3) is 0 Å². The first-order valence-electron chi connectivity index (χ1n) is 16.8. The lowest BCUT2D eigenvalue weighted by Crippen LogP contribution is -2.67. The number of carboxylic acid groups (broad SMARTS) is 1. The molecule has 0 aromatic rings. The van der Waals surface area contributed by atoms with E-state index >= 15 is 0 Å². The molecule has 0 aromatic heterocycles. The molecule has 1 aliphatic heterocycles. The van der Waals surface area contributed by atoms with E-state index < -0.39 is 42.1 Å². The fourth-order valence-electron chi connectivity index (χ4n) is 11.9. The number of carboxylic acids is 1. The Morgan fingerprint density at radius 2 is 1.53 bits per heavy atom. The van der Waals surface area contributed by atoms with Crippen molar-refractivity contribution in [2.24, 2.45) is 50.2 Å². The van der Waals surface area contributed by atoms with E-state index in [0.717, 1.165) is 44.9 Å². The second-order valence-electron chi connectivity index (χ2n) is 17.4. The maximum absolute atomic E-state index is 12.9. The first-order chi connectivity index (χ1) is 19.9. The molecule has 5 aliphatic carbocycles. The molecule has 2 unspecified atom stereocenters. The van der Waals surface area contributed by atoms with Gasteiger partial charge >= 0.3 is 5.97 Å². The molecule has 4 saturated carbocycles. The molecular weight excluding hydrogens is 548 g/mol. The van der Waals surface area contributed by atoms with Gasteiger partial charge < -0.3 is 35.0 Å². The number of ether oxygens (including phenoxy) is 2. The van der Waals surface area contributed by atoms with Crippen molar-refractivity contribution in [1.29, 1.82) is 0 Å². The van der Waals surface area contributed by atoms with Crippen molar-refractivity contribution in [2.45, 2.75) is 143 Å². The van der Waals surface area contributed by atoms with Crippen LogP contribution in [-0.2, 0) is 14.3 Å². The molecule has 244 valence electrons. The molecule has 8 heteroatoms. The summed E-state index contributed by atoms with van der Waals surface area (Å²) in [6.45, 7) is 16.0. The van der Waals surface area contributed by atoms with E-state index in [4.69, 9.17) is 9.47 Å². The summed E-state index contributed by atoms with van der Waals surface area (Å²) in [6.07, 6.45) is 4.37. The van der Waals surface area contributed by atoms with E-state index in [0.29, 0.717) is 24.7 Å². The lowest BCUT2D eigenvalue weighted by atomic mass is 9.33. The molecule has 0 spiro atoms. The number of aliphatic hydroxyl groups excluding tert-OH is 4. The second kappa shape index (κ2) is 9.98. The highest BCUT2D eigenvalue weighted by Crippen LogP contribution is 2.76. The van der Waals surface area contributed by atoms with Crippen LogP contribution in [0, 0.1) is 50.2 Å². The van der Waals surface area contributed by atoms with Gasteiger partial charge in [0.05, 0.1) is 24.2 Å². The SMILES string of the molecule is CC1(C)CC[C@]2(C(=O)O)CC[C@]3(C)C(=CC[C@@H]4[C@@]5(C)CCC(O[C@@H]6OC[C@@H](O)[C@H](O)[C@H]6O)C(C)(C)[C@@H]5CC[C@]43C)[C@@H]2C1O. The maximum Gasteiger partial charge on any atom is 0.310 e. The number of fused-ring (bicyclic) bond motifs is 7. The maximum atomic E-state index is 12.9. The van der Waals surface area contributed by atoms with Crippen molar-refractivity contribution >= 4 is 5.97 Å². The number of aliphatic hydroxyl groups is 4. The first-order valence-corrected chi connectivity index (χ1v) is 16.8. The van der Waals surface area contributed by atoms with Gasteiger partial charge in [0.1, 0.15) is 18.3 Å². The fourth-order valence-corrected chi connectivity index (χ4v) is 11.9. The van der Waals surface area contributed by atoms with Crippen molar-refractivity contribution < 1.29 is 39.8 Å². The summed E-state index contributed by atoms with van der Waals surface area (Å²) in [5.41, 5.74) is -0.388. The molecule has 0 radical (unpaired) electrons. The Labute approximate surface area is 257 Å². The molecule has 0 bridgehead atoms. The van der Waals surface area contributed by atoms with Gasteiger partial charge in [-0.3, -0.25) is 4.79 Å². The van der Waals surface area contributed by atoms with Crippen molar-refractivity contribution in [1.82, 2.24) is 0 Å². The highest BCUT2D eigenvalue weighted by Gasteiger charge is 2.70. The fraction of sp³-hybridized carbons (Fsp3) is 0.914. The number of hydrogen-bond acceptors (Lipinski definition) is 7. The van der Waals surface area contributed by atoms with Gasteiger partial charge in [-0.15, -0.1) is 0 Å². The summed E-state index contributed by atoms with van der Waals surface area (Å²) in [4.78, 5) is 12.9. The lowest BCUT2D eigenvalue weighted by Gasteiger charge is -2.71. The standard InChI is InChI=1S/C35H56O8/c1-30(2)14-16-35(29(40)41)17-15-33(6)19(24(35)27(30)39)8-9-22-32(5)12-11-23(31(3,4)21(32)10-13-34(22,33)7)43-28-26(38)25(37)20(36)18-42-28/h8,20-28,36-39H,9-18H2,1-7H3,(H,40,41)/t20-,21+,22-,23?,24-,25+,26-,27?,28+,32+,33-,34-,35+/m1/s1. The van der Waals surface area contributed by atoms with Crippen LogP contribution in [0.5, 0.6) is 0 Å². The molecule has 0 amide bonds. The monoisotopic (exact) mass is 604 g/mol. The molecule has 8 nitrogen and oxygen atoms in total. The van der Waals surface area contributed by atoms with E-state index in [1.54, 1.807) is 0 Å². The quantitative estimate of drug-likeness (QED) is 0.232. The molecule has 5 N–H and O–H groups in total. The number of hydrogen-bond donors (Lipinski definition) is 5. The minimum absolute atomic E-state index is 0.0268. The minimum Gasteiger partial charge on any atom is -0.481 e. The van der Waals surface area contributed by atoms with Crippen molar-refractivity contribution in [3.05, 3.63) is 11.6 Å². The Morgan fingerprint density at radius 1 is 0.860 bits per heavy atom. The third-order valence-electron chi connectivity index (χ3n) is 15.0. The van der Waals surface area contributed by atoms with Crippen LogP contribution >= 0.6 is 0 Å². The van der Waals surface area contributed by atoms with Crippen LogP contribution in [-0.4, -0.2) is 74.9 Å². The molecule has 1 saturated heterocycles. The molecular formula is C35H56O8. The van der Waals surface area contributed by atoms with E-state index in [1.165, 1.54) is 5.57 Å². The summed E-state index contributed by atoms with van der Waals surface area (Å²) in [5, 5.41) is 53.2. The number of aliphatic carboxylic acids is 1. The van der Waals surface area contributed by atoms with E-state index in [9.17, 15) is 30.3 Å². The zero-order valence-corrected chi connectivity index (χ0v) is 27.3. The predicted octanol–water partition coefficient (Wildman–Crippen LogP) is 4.67.